The Hall–Kier alpha value is -1.16. The first-order chi connectivity index (χ1) is 9.92. The molecule has 0 aliphatic carbocycles. The van der Waals surface area contributed by atoms with Crippen LogP contribution in [0.1, 0.15) is 29.7 Å². The molecule has 5 heteroatoms. The van der Waals surface area contributed by atoms with Gasteiger partial charge in [0.1, 0.15) is 11.6 Å². The van der Waals surface area contributed by atoms with Crippen molar-refractivity contribution in [2.75, 3.05) is 6.54 Å². The number of benzene rings is 2. The van der Waals surface area contributed by atoms with E-state index >= 15 is 0 Å². The van der Waals surface area contributed by atoms with Gasteiger partial charge < -0.3 is 5.32 Å². The topological polar surface area (TPSA) is 12.0 Å². The van der Waals surface area contributed by atoms with E-state index in [1.807, 2.05) is 6.92 Å². The van der Waals surface area contributed by atoms with E-state index in [0.717, 1.165) is 11.6 Å². The van der Waals surface area contributed by atoms with Gasteiger partial charge in [-0.1, -0.05) is 30.1 Å². The molecule has 0 amide bonds. The minimum absolute atomic E-state index is 0.370. The number of aryl methyl sites for hydroxylation is 1. The summed E-state index contributed by atoms with van der Waals surface area (Å²) < 4.78 is 27.6. The van der Waals surface area contributed by atoms with E-state index in [9.17, 15) is 8.78 Å². The van der Waals surface area contributed by atoms with Gasteiger partial charge >= 0.3 is 0 Å². The van der Waals surface area contributed by atoms with Gasteiger partial charge in [0.15, 0.2) is 0 Å². The minimum atomic E-state index is -0.597. The largest absolute Gasteiger partial charge is 0.306 e. The third kappa shape index (κ3) is 3.73. The highest BCUT2D eigenvalue weighted by atomic mass is 35.5. The highest BCUT2D eigenvalue weighted by Gasteiger charge is 2.19. The average Bonchev–Trinajstić information content (AvgIpc) is 2.39. The van der Waals surface area contributed by atoms with Crippen LogP contribution in [0.4, 0.5) is 8.78 Å². The van der Waals surface area contributed by atoms with E-state index < -0.39 is 17.7 Å². The second-order valence-electron chi connectivity index (χ2n) is 4.82. The Kier molecular flexibility index (Phi) is 5.20. The summed E-state index contributed by atoms with van der Waals surface area (Å²) in [4.78, 5) is 0. The Morgan fingerprint density at radius 2 is 1.62 bits per heavy atom. The fraction of sp³-hybridized carbons (Fsp3) is 0.250. The van der Waals surface area contributed by atoms with Crippen LogP contribution < -0.4 is 5.32 Å². The normalized spacial score (nSPS) is 12.5. The quantitative estimate of drug-likeness (QED) is 0.804. The molecule has 2 rings (SSSR count). The van der Waals surface area contributed by atoms with Gasteiger partial charge in [0.05, 0.1) is 6.04 Å². The number of halogens is 4. The molecule has 1 unspecified atom stereocenters. The van der Waals surface area contributed by atoms with Crippen LogP contribution in [-0.2, 0) is 0 Å². The van der Waals surface area contributed by atoms with E-state index in [1.165, 1.54) is 6.07 Å². The lowest BCUT2D eigenvalue weighted by atomic mass is 9.96. The summed E-state index contributed by atoms with van der Waals surface area (Å²) >= 11 is 12.0. The molecule has 2 aromatic carbocycles. The highest BCUT2D eigenvalue weighted by Crippen LogP contribution is 2.30. The van der Waals surface area contributed by atoms with Crippen LogP contribution in [0, 0.1) is 18.6 Å². The standard InChI is InChI=1S/C16H15Cl2F2N/c1-3-21-16(10-5-11(17)7-12(18)6-10)13-4-9(2)14(19)8-15(13)20/h4-8,16,21H,3H2,1-2H3. The lowest BCUT2D eigenvalue weighted by Gasteiger charge is -2.21. The molecule has 112 valence electrons. The first kappa shape index (κ1) is 16.2. The van der Waals surface area contributed by atoms with Gasteiger partial charge in [-0.05, 0) is 48.9 Å². The lowest BCUT2D eigenvalue weighted by Crippen LogP contribution is -2.23. The zero-order chi connectivity index (χ0) is 15.6. The fourth-order valence-corrected chi connectivity index (χ4v) is 2.80. The molecule has 0 spiro atoms. The molecule has 0 bridgehead atoms. The van der Waals surface area contributed by atoms with E-state index in [4.69, 9.17) is 23.2 Å². The third-order valence-corrected chi connectivity index (χ3v) is 3.65. The molecule has 2 aromatic rings. The summed E-state index contributed by atoms with van der Waals surface area (Å²) in [7, 11) is 0. The van der Waals surface area contributed by atoms with Crippen LogP contribution >= 0.6 is 23.2 Å². The molecule has 0 saturated heterocycles. The lowest BCUT2D eigenvalue weighted by molar-refractivity contribution is 0.537. The molecule has 0 radical (unpaired) electrons. The van der Waals surface area contributed by atoms with Crippen molar-refractivity contribution in [3.05, 3.63) is 68.7 Å². The molecule has 0 aliphatic heterocycles. The minimum Gasteiger partial charge on any atom is -0.306 e. The molecule has 1 N–H and O–H groups in total. The summed E-state index contributed by atoms with van der Waals surface area (Å²) in [6.07, 6.45) is 0. The maximum atomic E-state index is 14.1. The molecule has 0 fully saturated rings. The van der Waals surface area contributed by atoms with Crippen LogP contribution in [0.25, 0.3) is 0 Å². The van der Waals surface area contributed by atoms with Gasteiger partial charge in [-0.15, -0.1) is 0 Å². The Balaban J connectivity index is 2.55. The first-order valence-corrected chi connectivity index (χ1v) is 7.33. The molecule has 1 nitrogen and oxygen atoms in total. The molecule has 0 heterocycles. The van der Waals surface area contributed by atoms with E-state index in [1.54, 1.807) is 25.1 Å². The molecule has 0 saturated carbocycles. The molecule has 0 aliphatic rings. The number of hydrogen-bond donors (Lipinski definition) is 1. The van der Waals surface area contributed by atoms with Crippen molar-refractivity contribution in [2.24, 2.45) is 0 Å². The number of hydrogen-bond acceptors (Lipinski definition) is 1. The summed E-state index contributed by atoms with van der Waals surface area (Å²) in [6.45, 7) is 4.13. The Morgan fingerprint density at radius 3 is 2.19 bits per heavy atom. The van der Waals surface area contributed by atoms with Crippen molar-refractivity contribution < 1.29 is 8.78 Å². The van der Waals surface area contributed by atoms with Crippen molar-refractivity contribution in [1.29, 1.82) is 0 Å². The van der Waals surface area contributed by atoms with Crippen molar-refractivity contribution in [2.45, 2.75) is 19.9 Å². The second kappa shape index (κ2) is 6.73. The summed E-state index contributed by atoms with van der Waals surface area (Å²) in [5, 5.41) is 4.12. The number of nitrogens with one attached hydrogen (secondary N) is 1. The monoisotopic (exact) mass is 329 g/mol. The van der Waals surface area contributed by atoms with Crippen LogP contribution in [0.3, 0.4) is 0 Å². The molecule has 21 heavy (non-hydrogen) atoms. The molecule has 1 atom stereocenters. The van der Waals surface area contributed by atoms with Crippen LogP contribution in [-0.4, -0.2) is 6.54 Å². The van der Waals surface area contributed by atoms with Gasteiger partial charge in [-0.3, -0.25) is 0 Å². The van der Waals surface area contributed by atoms with E-state index in [0.29, 0.717) is 27.7 Å². The smallest absolute Gasteiger partial charge is 0.131 e. The third-order valence-electron chi connectivity index (χ3n) is 3.22. The highest BCUT2D eigenvalue weighted by molar-refractivity contribution is 6.34. The first-order valence-electron chi connectivity index (χ1n) is 6.57. The molecule has 0 aromatic heterocycles. The zero-order valence-corrected chi connectivity index (χ0v) is 13.2. The Bertz CT molecular complexity index is 639. The van der Waals surface area contributed by atoms with Gasteiger partial charge in [0.25, 0.3) is 0 Å². The van der Waals surface area contributed by atoms with Crippen LogP contribution in [0.15, 0.2) is 30.3 Å². The van der Waals surface area contributed by atoms with E-state index in [-0.39, 0.29) is 0 Å². The average molecular weight is 330 g/mol. The summed E-state index contributed by atoms with van der Waals surface area (Å²) in [5.41, 5.74) is 1.50. The second-order valence-corrected chi connectivity index (χ2v) is 5.69. The van der Waals surface area contributed by atoms with Crippen molar-refractivity contribution in [1.82, 2.24) is 5.32 Å². The molecular weight excluding hydrogens is 315 g/mol. The maximum absolute atomic E-state index is 14.1. The van der Waals surface area contributed by atoms with Gasteiger partial charge in [0, 0.05) is 21.7 Å². The van der Waals surface area contributed by atoms with Crippen LogP contribution in [0.2, 0.25) is 10.0 Å². The predicted octanol–water partition coefficient (Wildman–Crippen LogP) is 5.28. The van der Waals surface area contributed by atoms with Crippen molar-refractivity contribution >= 4 is 23.2 Å². The Morgan fingerprint density at radius 1 is 1.00 bits per heavy atom. The van der Waals surface area contributed by atoms with Gasteiger partial charge in [0.2, 0.25) is 0 Å². The SMILES string of the molecule is CCNC(c1cc(Cl)cc(Cl)c1)c1cc(C)c(F)cc1F. The Labute approximate surface area is 132 Å². The number of rotatable bonds is 4. The fourth-order valence-electron chi connectivity index (χ4n) is 2.25. The summed E-state index contributed by atoms with van der Waals surface area (Å²) in [6, 6.07) is 7.03. The summed E-state index contributed by atoms with van der Waals surface area (Å²) in [5.74, 6) is -1.16. The van der Waals surface area contributed by atoms with E-state index in [2.05, 4.69) is 5.32 Å². The predicted molar refractivity (Wildman–Crippen MR) is 83.1 cm³/mol. The zero-order valence-electron chi connectivity index (χ0n) is 11.7. The van der Waals surface area contributed by atoms with Crippen LogP contribution in [0.5, 0.6) is 0 Å². The van der Waals surface area contributed by atoms with Gasteiger partial charge in [-0.25, -0.2) is 8.78 Å². The molecular formula is C16H15Cl2F2N. The van der Waals surface area contributed by atoms with Crippen molar-refractivity contribution in [3.8, 4) is 0 Å². The maximum Gasteiger partial charge on any atom is 0.131 e. The van der Waals surface area contributed by atoms with Crippen molar-refractivity contribution in [3.63, 3.8) is 0 Å². The van der Waals surface area contributed by atoms with Gasteiger partial charge in [-0.2, -0.15) is 0 Å².